The van der Waals surface area contributed by atoms with Crippen LogP contribution in [-0.2, 0) is 9.59 Å². The van der Waals surface area contributed by atoms with Crippen LogP contribution in [0.5, 0.6) is 11.5 Å². The number of urea groups is 1. The summed E-state index contributed by atoms with van der Waals surface area (Å²) in [4.78, 5) is 34.8. The van der Waals surface area contributed by atoms with Crippen molar-refractivity contribution in [2.45, 2.75) is 0 Å². The van der Waals surface area contributed by atoms with E-state index in [1.807, 2.05) is 22.6 Å². The number of phenolic OH excluding ortho intramolecular Hbond substituents is 1. The first-order chi connectivity index (χ1) is 10.3. The number of amides is 3. The number of nitrogens with one attached hydrogen (secondary N) is 1. The molecule has 0 spiro atoms. The lowest BCUT2D eigenvalue weighted by molar-refractivity contribution is -0.140. The minimum atomic E-state index is -1.29. The molecule has 9 heteroatoms. The maximum atomic E-state index is 12.0. The summed E-state index contributed by atoms with van der Waals surface area (Å²) in [6.07, 6.45) is 1.38. The monoisotopic (exact) mass is 418 g/mol. The van der Waals surface area contributed by atoms with Gasteiger partial charge in [-0.15, -0.1) is 0 Å². The number of phenols is 1. The van der Waals surface area contributed by atoms with Gasteiger partial charge >= 0.3 is 12.0 Å². The van der Waals surface area contributed by atoms with Crippen molar-refractivity contribution in [3.63, 3.8) is 0 Å². The number of imide groups is 1. The van der Waals surface area contributed by atoms with Gasteiger partial charge < -0.3 is 20.3 Å². The Hall–Kier alpha value is -2.30. The van der Waals surface area contributed by atoms with E-state index in [-0.39, 0.29) is 17.2 Å². The molecule has 1 aliphatic heterocycles. The van der Waals surface area contributed by atoms with Gasteiger partial charge in [-0.1, -0.05) is 0 Å². The molecular weight excluding hydrogens is 407 g/mol. The van der Waals surface area contributed by atoms with Crippen LogP contribution in [0, 0.1) is 3.57 Å². The van der Waals surface area contributed by atoms with Gasteiger partial charge in [-0.3, -0.25) is 9.59 Å². The molecule has 1 fully saturated rings. The number of carbonyl (C=O) groups is 3. The summed E-state index contributed by atoms with van der Waals surface area (Å²) < 4.78 is 5.51. The number of ether oxygens (including phenoxy) is 1. The van der Waals surface area contributed by atoms with E-state index in [1.54, 1.807) is 6.07 Å². The zero-order valence-corrected chi connectivity index (χ0v) is 13.4. The lowest BCUT2D eigenvalue weighted by Gasteiger charge is -2.07. The number of benzene rings is 1. The number of carboxylic acids is 1. The second-order valence-electron chi connectivity index (χ2n) is 4.33. The molecule has 0 atom stereocenters. The normalized spacial score (nSPS) is 16.1. The van der Waals surface area contributed by atoms with Crippen molar-refractivity contribution >= 4 is 46.6 Å². The van der Waals surface area contributed by atoms with Crippen LogP contribution in [0.1, 0.15) is 5.56 Å². The highest BCUT2D eigenvalue weighted by atomic mass is 127. The average molecular weight is 418 g/mol. The van der Waals surface area contributed by atoms with Crippen LogP contribution in [0.3, 0.4) is 0 Å². The number of aromatic hydroxyl groups is 1. The maximum absolute atomic E-state index is 12.0. The molecule has 1 heterocycles. The number of halogens is 1. The van der Waals surface area contributed by atoms with E-state index >= 15 is 0 Å². The molecule has 1 aromatic rings. The fourth-order valence-electron chi connectivity index (χ4n) is 1.85. The largest absolute Gasteiger partial charge is 0.504 e. The van der Waals surface area contributed by atoms with E-state index in [2.05, 4.69) is 5.32 Å². The highest BCUT2D eigenvalue weighted by Gasteiger charge is 2.34. The van der Waals surface area contributed by atoms with Crippen molar-refractivity contribution in [2.24, 2.45) is 0 Å². The molecule has 1 aliphatic rings. The summed E-state index contributed by atoms with van der Waals surface area (Å²) >= 11 is 1.90. The number of aliphatic carboxylic acids is 1. The highest BCUT2D eigenvalue weighted by molar-refractivity contribution is 14.1. The maximum Gasteiger partial charge on any atom is 0.329 e. The van der Waals surface area contributed by atoms with Gasteiger partial charge in [0, 0.05) is 0 Å². The molecule has 0 bridgehead atoms. The molecule has 3 N–H and O–H groups in total. The molecule has 0 radical (unpaired) electrons. The first-order valence-corrected chi connectivity index (χ1v) is 7.04. The van der Waals surface area contributed by atoms with E-state index in [0.717, 1.165) is 0 Å². The molecule has 1 saturated heterocycles. The molecule has 1 aromatic carbocycles. The SMILES string of the molecule is COc1cc(/C=C2/NC(=O)N(CC(=O)O)C2=O)cc(I)c1O. The smallest absolute Gasteiger partial charge is 0.329 e. The van der Waals surface area contributed by atoms with Gasteiger partial charge in [-0.2, -0.15) is 0 Å². The number of rotatable bonds is 4. The van der Waals surface area contributed by atoms with Crippen LogP contribution in [0.4, 0.5) is 4.79 Å². The van der Waals surface area contributed by atoms with Crippen LogP contribution >= 0.6 is 22.6 Å². The summed E-state index contributed by atoms with van der Waals surface area (Å²) in [5.74, 6) is -1.82. The second kappa shape index (κ2) is 6.22. The van der Waals surface area contributed by atoms with Crippen molar-refractivity contribution in [3.05, 3.63) is 27.0 Å². The van der Waals surface area contributed by atoms with Gasteiger partial charge in [0.05, 0.1) is 10.7 Å². The third-order valence-electron chi connectivity index (χ3n) is 2.84. The molecule has 2 rings (SSSR count). The Kier molecular flexibility index (Phi) is 4.54. The van der Waals surface area contributed by atoms with Crippen molar-refractivity contribution in [1.82, 2.24) is 10.2 Å². The Balaban J connectivity index is 2.34. The molecule has 116 valence electrons. The zero-order valence-electron chi connectivity index (χ0n) is 11.3. The topological polar surface area (TPSA) is 116 Å². The molecule has 3 amide bonds. The fourth-order valence-corrected chi connectivity index (χ4v) is 2.48. The fraction of sp³-hybridized carbons (Fsp3) is 0.154. The van der Waals surface area contributed by atoms with Gasteiger partial charge in [0.15, 0.2) is 11.5 Å². The first kappa shape index (κ1) is 16.1. The Morgan fingerprint density at radius 3 is 2.73 bits per heavy atom. The van der Waals surface area contributed by atoms with Gasteiger partial charge in [-0.25, -0.2) is 9.69 Å². The number of hydrogen-bond acceptors (Lipinski definition) is 5. The Morgan fingerprint density at radius 2 is 2.14 bits per heavy atom. The lowest BCUT2D eigenvalue weighted by Crippen LogP contribution is -2.35. The number of methoxy groups -OCH3 is 1. The molecular formula is C13H11IN2O6. The van der Waals surface area contributed by atoms with Crippen molar-refractivity contribution in [3.8, 4) is 11.5 Å². The molecule has 8 nitrogen and oxygen atoms in total. The van der Waals surface area contributed by atoms with E-state index in [9.17, 15) is 19.5 Å². The Labute approximate surface area is 138 Å². The van der Waals surface area contributed by atoms with Crippen LogP contribution in [-0.4, -0.2) is 46.7 Å². The summed E-state index contributed by atoms with van der Waals surface area (Å²) in [7, 11) is 1.39. The van der Waals surface area contributed by atoms with Crippen LogP contribution in [0.2, 0.25) is 0 Å². The van der Waals surface area contributed by atoms with Gasteiger partial charge in [0.25, 0.3) is 5.91 Å². The van der Waals surface area contributed by atoms with Crippen LogP contribution in [0.15, 0.2) is 17.8 Å². The minimum Gasteiger partial charge on any atom is -0.504 e. The van der Waals surface area contributed by atoms with Crippen molar-refractivity contribution in [2.75, 3.05) is 13.7 Å². The zero-order chi connectivity index (χ0) is 16.4. The van der Waals surface area contributed by atoms with Gasteiger partial charge in [-0.05, 0) is 46.4 Å². The van der Waals surface area contributed by atoms with E-state index in [1.165, 1.54) is 19.3 Å². The number of carbonyl (C=O) groups excluding carboxylic acids is 2. The molecule has 22 heavy (non-hydrogen) atoms. The highest BCUT2D eigenvalue weighted by Crippen LogP contribution is 2.33. The second-order valence-corrected chi connectivity index (χ2v) is 5.49. The standard InChI is InChI=1S/C13H11IN2O6/c1-22-9-4-6(2-7(14)11(9)19)3-8-12(20)16(5-10(17)18)13(21)15-8/h2-4,19H,5H2,1H3,(H,15,21)(H,17,18)/b8-3+. The Bertz CT molecular complexity index is 700. The number of hydrogen-bond donors (Lipinski definition) is 3. The summed E-state index contributed by atoms with van der Waals surface area (Å²) in [6.45, 7) is -0.710. The molecule has 0 saturated carbocycles. The summed E-state index contributed by atoms with van der Waals surface area (Å²) in [5, 5.41) is 20.7. The molecule has 0 aliphatic carbocycles. The summed E-state index contributed by atoms with van der Waals surface area (Å²) in [5.41, 5.74) is 0.467. The van der Waals surface area contributed by atoms with Crippen molar-refractivity contribution in [1.29, 1.82) is 0 Å². The third kappa shape index (κ3) is 3.13. The summed E-state index contributed by atoms with van der Waals surface area (Å²) in [6, 6.07) is 2.29. The quantitative estimate of drug-likeness (QED) is 0.382. The lowest BCUT2D eigenvalue weighted by atomic mass is 10.1. The number of carboxylic acid groups (broad SMARTS) is 1. The minimum absolute atomic E-state index is 0.0282. The van der Waals surface area contributed by atoms with Gasteiger partial charge in [0.2, 0.25) is 0 Å². The van der Waals surface area contributed by atoms with Crippen molar-refractivity contribution < 1.29 is 29.3 Å². The molecule has 0 unspecified atom stereocenters. The third-order valence-corrected chi connectivity index (χ3v) is 3.66. The van der Waals surface area contributed by atoms with E-state index < -0.39 is 24.5 Å². The predicted octanol–water partition coefficient (Wildman–Crippen LogP) is 0.983. The van der Waals surface area contributed by atoms with E-state index in [0.29, 0.717) is 14.0 Å². The van der Waals surface area contributed by atoms with E-state index in [4.69, 9.17) is 9.84 Å². The number of nitrogens with zero attached hydrogens (tertiary/aromatic N) is 1. The average Bonchev–Trinajstić information content (AvgIpc) is 2.70. The van der Waals surface area contributed by atoms with Crippen LogP contribution in [0.25, 0.3) is 6.08 Å². The first-order valence-electron chi connectivity index (χ1n) is 5.96. The van der Waals surface area contributed by atoms with Crippen LogP contribution < -0.4 is 10.1 Å². The molecule has 0 aromatic heterocycles. The predicted molar refractivity (Wildman–Crippen MR) is 83.2 cm³/mol. The van der Waals surface area contributed by atoms with Gasteiger partial charge in [0.1, 0.15) is 12.2 Å². The Morgan fingerprint density at radius 1 is 1.45 bits per heavy atom.